The highest BCUT2D eigenvalue weighted by Gasteiger charge is 2.10. The lowest BCUT2D eigenvalue weighted by molar-refractivity contribution is 0.641. The summed E-state index contributed by atoms with van der Waals surface area (Å²) in [5.41, 5.74) is 1.08. The molecule has 1 aromatic carbocycles. The van der Waals surface area contributed by atoms with E-state index in [1.165, 1.54) is 11.3 Å². The standard InChI is InChI=1S/C10H6FNS/c1-6-2-3-7-8(4-6)13-9(5-12)10(7)11/h2-4H,1H3. The Balaban J connectivity index is 2.86. The predicted molar refractivity (Wildman–Crippen MR) is 51.2 cm³/mol. The summed E-state index contributed by atoms with van der Waals surface area (Å²) >= 11 is 1.20. The molecule has 0 bridgehead atoms. The summed E-state index contributed by atoms with van der Waals surface area (Å²) in [7, 11) is 0. The minimum Gasteiger partial charge on any atom is -0.204 e. The third-order valence-corrected chi connectivity index (χ3v) is 2.92. The molecular formula is C10H6FNS. The van der Waals surface area contributed by atoms with Gasteiger partial charge in [-0.15, -0.1) is 11.3 Å². The zero-order valence-electron chi connectivity index (χ0n) is 6.97. The van der Waals surface area contributed by atoms with Gasteiger partial charge in [-0.2, -0.15) is 5.26 Å². The monoisotopic (exact) mass is 191 g/mol. The number of rotatable bonds is 0. The molecule has 0 aliphatic rings. The fraction of sp³-hybridized carbons (Fsp3) is 0.100. The Labute approximate surface area is 79.0 Å². The Bertz CT molecular complexity index is 507. The number of hydrogen-bond donors (Lipinski definition) is 0. The molecule has 2 rings (SSSR count). The first kappa shape index (κ1) is 8.21. The van der Waals surface area contributed by atoms with Crippen molar-refractivity contribution in [3.63, 3.8) is 0 Å². The average molecular weight is 191 g/mol. The van der Waals surface area contributed by atoms with Gasteiger partial charge in [0.15, 0.2) is 5.82 Å². The zero-order valence-corrected chi connectivity index (χ0v) is 7.78. The van der Waals surface area contributed by atoms with E-state index in [9.17, 15) is 4.39 Å². The highest BCUT2D eigenvalue weighted by Crippen LogP contribution is 2.29. The zero-order chi connectivity index (χ0) is 9.42. The minimum absolute atomic E-state index is 0.167. The Hall–Kier alpha value is -1.40. The van der Waals surface area contributed by atoms with Crippen molar-refractivity contribution in [3.8, 4) is 6.07 Å². The van der Waals surface area contributed by atoms with Crippen LogP contribution in [0.25, 0.3) is 10.1 Å². The van der Waals surface area contributed by atoms with Crippen LogP contribution in [0.5, 0.6) is 0 Å². The van der Waals surface area contributed by atoms with Crippen molar-refractivity contribution in [3.05, 3.63) is 34.5 Å². The molecule has 1 heterocycles. The second kappa shape index (κ2) is 2.82. The van der Waals surface area contributed by atoms with Gasteiger partial charge >= 0.3 is 0 Å². The number of nitriles is 1. The van der Waals surface area contributed by atoms with Crippen LogP contribution in [0.2, 0.25) is 0 Å². The van der Waals surface area contributed by atoms with Crippen molar-refractivity contribution in [1.29, 1.82) is 5.26 Å². The first-order valence-electron chi connectivity index (χ1n) is 3.81. The number of halogens is 1. The Morgan fingerprint density at radius 2 is 2.23 bits per heavy atom. The molecule has 1 nitrogen and oxygen atoms in total. The van der Waals surface area contributed by atoms with Gasteiger partial charge in [-0.3, -0.25) is 0 Å². The fourth-order valence-electron chi connectivity index (χ4n) is 1.24. The van der Waals surface area contributed by atoms with E-state index in [-0.39, 0.29) is 10.7 Å². The van der Waals surface area contributed by atoms with Gasteiger partial charge in [-0.05, 0) is 18.6 Å². The van der Waals surface area contributed by atoms with E-state index in [1.54, 1.807) is 6.07 Å². The maximum Gasteiger partial charge on any atom is 0.159 e. The normalized spacial score (nSPS) is 10.2. The van der Waals surface area contributed by atoms with E-state index in [2.05, 4.69) is 0 Å². The topological polar surface area (TPSA) is 23.8 Å². The van der Waals surface area contributed by atoms with Crippen LogP contribution in [0.15, 0.2) is 18.2 Å². The van der Waals surface area contributed by atoms with E-state index in [4.69, 9.17) is 5.26 Å². The number of hydrogen-bond acceptors (Lipinski definition) is 2. The summed E-state index contributed by atoms with van der Waals surface area (Å²) in [5.74, 6) is -0.387. The molecule has 0 N–H and O–H groups in total. The van der Waals surface area contributed by atoms with E-state index in [0.29, 0.717) is 5.39 Å². The van der Waals surface area contributed by atoms with Crippen LogP contribution in [0, 0.1) is 24.1 Å². The van der Waals surface area contributed by atoms with Crippen molar-refractivity contribution in [2.24, 2.45) is 0 Å². The summed E-state index contributed by atoms with van der Waals surface area (Å²) in [6, 6.07) is 7.31. The molecule has 0 unspecified atom stereocenters. The summed E-state index contributed by atoms with van der Waals surface area (Å²) < 4.78 is 14.2. The molecule has 0 radical (unpaired) electrons. The quantitative estimate of drug-likeness (QED) is 0.627. The van der Waals surface area contributed by atoms with Crippen molar-refractivity contribution < 1.29 is 4.39 Å². The molecule has 0 saturated heterocycles. The fourth-order valence-corrected chi connectivity index (χ4v) is 2.22. The van der Waals surface area contributed by atoms with Gasteiger partial charge in [0.25, 0.3) is 0 Å². The predicted octanol–water partition coefficient (Wildman–Crippen LogP) is 3.22. The van der Waals surface area contributed by atoms with Crippen LogP contribution in [0.3, 0.4) is 0 Å². The highest BCUT2D eigenvalue weighted by atomic mass is 32.1. The lowest BCUT2D eigenvalue weighted by Gasteiger charge is -1.90. The number of aryl methyl sites for hydroxylation is 1. The van der Waals surface area contributed by atoms with Crippen LogP contribution in [0.1, 0.15) is 10.4 Å². The van der Waals surface area contributed by atoms with Crippen molar-refractivity contribution in [2.75, 3.05) is 0 Å². The van der Waals surface area contributed by atoms with Gasteiger partial charge in [-0.25, -0.2) is 4.39 Å². The maximum atomic E-state index is 13.3. The van der Waals surface area contributed by atoms with Crippen LogP contribution in [-0.2, 0) is 0 Å². The Morgan fingerprint density at radius 1 is 1.46 bits per heavy atom. The molecule has 0 aliphatic carbocycles. The summed E-state index contributed by atoms with van der Waals surface area (Å²) in [5, 5.41) is 9.16. The summed E-state index contributed by atoms with van der Waals surface area (Å²) in [6.07, 6.45) is 0. The van der Waals surface area contributed by atoms with Gasteiger partial charge in [0.2, 0.25) is 0 Å². The smallest absolute Gasteiger partial charge is 0.159 e. The van der Waals surface area contributed by atoms with Gasteiger partial charge in [0.1, 0.15) is 10.9 Å². The maximum absolute atomic E-state index is 13.3. The third-order valence-electron chi connectivity index (χ3n) is 1.89. The number of nitrogens with zero attached hydrogens (tertiary/aromatic N) is 1. The minimum atomic E-state index is -0.387. The van der Waals surface area contributed by atoms with E-state index >= 15 is 0 Å². The molecule has 13 heavy (non-hydrogen) atoms. The first-order chi connectivity index (χ1) is 6.22. The first-order valence-corrected chi connectivity index (χ1v) is 4.63. The molecule has 1 aromatic heterocycles. The van der Waals surface area contributed by atoms with E-state index < -0.39 is 0 Å². The Morgan fingerprint density at radius 3 is 2.92 bits per heavy atom. The Kier molecular flexibility index (Phi) is 1.78. The van der Waals surface area contributed by atoms with E-state index in [0.717, 1.165) is 10.3 Å². The summed E-state index contributed by atoms with van der Waals surface area (Å²) in [4.78, 5) is 0.167. The molecule has 0 amide bonds. The van der Waals surface area contributed by atoms with Gasteiger partial charge in [-0.1, -0.05) is 12.1 Å². The molecule has 0 saturated carbocycles. The number of benzene rings is 1. The molecule has 0 atom stereocenters. The molecule has 2 aromatic rings. The SMILES string of the molecule is Cc1ccc2c(F)c(C#N)sc2c1. The third kappa shape index (κ3) is 1.20. The van der Waals surface area contributed by atoms with Crippen LogP contribution in [-0.4, -0.2) is 0 Å². The lowest BCUT2D eigenvalue weighted by Crippen LogP contribution is -1.73. The number of thiophene rings is 1. The molecule has 0 spiro atoms. The molecule has 0 fully saturated rings. The van der Waals surface area contributed by atoms with E-state index in [1.807, 2.05) is 25.1 Å². The second-order valence-electron chi connectivity index (χ2n) is 2.86. The van der Waals surface area contributed by atoms with Crippen LogP contribution < -0.4 is 0 Å². The number of fused-ring (bicyclic) bond motifs is 1. The lowest BCUT2D eigenvalue weighted by atomic mass is 10.2. The highest BCUT2D eigenvalue weighted by molar-refractivity contribution is 7.19. The van der Waals surface area contributed by atoms with Crippen molar-refractivity contribution >= 4 is 21.4 Å². The summed E-state index contributed by atoms with van der Waals surface area (Å²) in [6.45, 7) is 1.95. The molecule has 0 aliphatic heterocycles. The largest absolute Gasteiger partial charge is 0.204 e. The van der Waals surface area contributed by atoms with Crippen LogP contribution in [0.4, 0.5) is 4.39 Å². The second-order valence-corrected chi connectivity index (χ2v) is 3.91. The molecular weight excluding hydrogens is 185 g/mol. The van der Waals surface area contributed by atoms with Crippen molar-refractivity contribution in [1.82, 2.24) is 0 Å². The molecule has 3 heteroatoms. The van der Waals surface area contributed by atoms with Crippen molar-refractivity contribution in [2.45, 2.75) is 6.92 Å². The van der Waals surface area contributed by atoms with Crippen LogP contribution >= 0.6 is 11.3 Å². The van der Waals surface area contributed by atoms with Gasteiger partial charge in [0, 0.05) is 10.1 Å². The van der Waals surface area contributed by atoms with Gasteiger partial charge in [0.05, 0.1) is 0 Å². The molecule has 64 valence electrons. The average Bonchev–Trinajstić information content (AvgIpc) is 2.42. The van der Waals surface area contributed by atoms with Gasteiger partial charge < -0.3 is 0 Å².